The molecule has 1 N–H and O–H groups in total. The Morgan fingerprint density at radius 2 is 2.00 bits per heavy atom. The van der Waals surface area contributed by atoms with E-state index in [2.05, 4.69) is 16.5 Å². The minimum atomic E-state index is -0.875. The van der Waals surface area contributed by atoms with Gasteiger partial charge in [0.15, 0.2) is 11.9 Å². The summed E-state index contributed by atoms with van der Waals surface area (Å²) in [4.78, 5) is 25.0. The van der Waals surface area contributed by atoms with Crippen LogP contribution in [0.15, 0.2) is 64.7 Å². The second-order valence-corrected chi connectivity index (χ2v) is 7.81. The molecule has 4 rings (SSSR count). The average molecular weight is 418 g/mol. The highest BCUT2D eigenvalue weighted by atomic mass is 16.5. The molecule has 0 fully saturated rings. The Morgan fingerprint density at radius 3 is 2.77 bits per heavy atom. The molecule has 1 aliphatic carbocycles. The summed E-state index contributed by atoms with van der Waals surface area (Å²) < 4.78 is 10.9. The first-order valence-corrected chi connectivity index (χ1v) is 10.7. The second kappa shape index (κ2) is 9.60. The van der Waals surface area contributed by atoms with Gasteiger partial charge in [-0.1, -0.05) is 47.1 Å². The molecule has 1 amide bonds. The molecule has 0 bridgehead atoms. The van der Waals surface area contributed by atoms with Crippen LogP contribution >= 0.6 is 0 Å². The molecule has 6 nitrogen and oxygen atoms in total. The molecule has 0 saturated heterocycles. The van der Waals surface area contributed by atoms with Crippen LogP contribution in [-0.2, 0) is 9.53 Å². The van der Waals surface area contributed by atoms with Crippen molar-refractivity contribution in [3.05, 3.63) is 65.7 Å². The van der Waals surface area contributed by atoms with E-state index in [0.717, 1.165) is 30.2 Å². The van der Waals surface area contributed by atoms with E-state index < -0.39 is 12.1 Å². The van der Waals surface area contributed by atoms with Crippen molar-refractivity contribution in [1.82, 2.24) is 10.5 Å². The number of benzene rings is 2. The van der Waals surface area contributed by atoms with Crippen LogP contribution in [0.5, 0.6) is 0 Å². The van der Waals surface area contributed by atoms with Crippen LogP contribution in [0.3, 0.4) is 0 Å². The molecule has 2 aromatic carbocycles. The zero-order chi connectivity index (χ0) is 21.6. The first-order chi connectivity index (χ1) is 15.1. The van der Waals surface area contributed by atoms with Gasteiger partial charge >= 0.3 is 5.97 Å². The van der Waals surface area contributed by atoms with E-state index >= 15 is 0 Å². The average Bonchev–Trinajstić information content (AvgIpc) is 3.23. The number of nitrogens with zero attached hydrogens (tertiary/aromatic N) is 1. The lowest BCUT2D eigenvalue weighted by atomic mass is 9.97. The Morgan fingerprint density at radius 1 is 1.16 bits per heavy atom. The normalized spacial score (nSPS) is 14.7. The van der Waals surface area contributed by atoms with E-state index in [-0.39, 0.29) is 5.91 Å². The molecule has 31 heavy (non-hydrogen) atoms. The lowest BCUT2D eigenvalue weighted by Gasteiger charge is -2.15. The van der Waals surface area contributed by atoms with E-state index in [1.807, 2.05) is 30.3 Å². The lowest BCUT2D eigenvalue weighted by Crippen LogP contribution is -2.36. The van der Waals surface area contributed by atoms with Gasteiger partial charge in [-0.2, -0.15) is 0 Å². The molecule has 0 aliphatic heterocycles. The Bertz CT molecular complexity index is 1100. The molecule has 1 aliphatic rings. The van der Waals surface area contributed by atoms with Gasteiger partial charge < -0.3 is 14.6 Å². The molecule has 160 valence electrons. The van der Waals surface area contributed by atoms with Crippen molar-refractivity contribution in [1.29, 1.82) is 0 Å². The molecule has 1 aromatic heterocycles. The van der Waals surface area contributed by atoms with Gasteiger partial charge in [0.05, 0.1) is 10.9 Å². The number of rotatable bonds is 7. The molecule has 0 saturated carbocycles. The van der Waals surface area contributed by atoms with Crippen LogP contribution in [0, 0.1) is 0 Å². The highest BCUT2D eigenvalue weighted by Gasteiger charge is 2.20. The van der Waals surface area contributed by atoms with Crippen molar-refractivity contribution in [2.24, 2.45) is 0 Å². The van der Waals surface area contributed by atoms with Crippen LogP contribution in [0.1, 0.15) is 49.4 Å². The summed E-state index contributed by atoms with van der Waals surface area (Å²) in [5, 5.41) is 7.64. The smallest absolute Gasteiger partial charge is 0.338 e. The first-order valence-electron chi connectivity index (χ1n) is 10.7. The number of esters is 1. The zero-order valence-electron chi connectivity index (χ0n) is 17.6. The minimum Gasteiger partial charge on any atom is -0.449 e. The number of fused-ring (bicyclic) bond motifs is 1. The minimum absolute atomic E-state index is 0.291. The van der Waals surface area contributed by atoms with Crippen molar-refractivity contribution in [2.75, 3.05) is 6.54 Å². The maximum Gasteiger partial charge on any atom is 0.338 e. The predicted octanol–water partition coefficient (Wildman–Crippen LogP) is 5.05. The van der Waals surface area contributed by atoms with Crippen LogP contribution in [0.2, 0.25) is 0 Å². The van der Waals surface area contributed by atoms with E-state index in [9.17, 15) is 9.59 Å². The number of nitrogens with one attached hydrogen (secondary N) is 1. The lowest BCUT2D eigenvalue weighted by molar-refractivity contribution is -0.129. The maximum absolute atomic E-state index is 12.6. The van der Waals surface area contributed by atoms with Crippen molar-refractivity contribution in [3.8, 4) is 11.3 Å². The van der Waals surface area contributed by atoms with Crippen LogP contribution in [0.25, 0.3) is 22.2 Å². The number of ether oxygens (including phenoxy) is 1. The van der Waals surface area contributed by atoms with Gasteiger partial charge in [-0.15, -0.1) is 0 Å². The number of amides is 1. The fourth-order valence-electron chi connectivity index (χ4n) is 3.77. The molecule has 1 atom stereocenters. The SMILES string of the molecule is C[C@@H](OC(=O)c1ccc2noc(-c3ccccc3)c2c1)C(=O)NCCC1=CCCCC1. The van der Waals surface area contributed by atoms with Gasteiger partial charge in [0.1, 0.15) is 5.52 Å². The molecule has 3 aromatic rings. The summed E-state index contributed by atoms with van der Waals surface area (Å²) >= 11 is 0. The summed E-state index contributed by atoms with van der Waals surface area (Å²) in [5.41, 5.74) is 3.27. The fourth-order valence-corrected chi connectivity index (χ4v) is 3.77. The quantitative estimate of drug-likeness (QED) is 0.429. The Hall–Kier alpha value is -3.41. The van der Waals surface area contributed by atoms with E-state index in [1.165, 1.54) is 18.4 Å². The Kier molecular flexibility index (Phi) is 6.46. The van der Waals surface area contributed by atoms with Gasteiger partial charge in [-0.25, -0.2) is 4.79 Å². The van der Waals surface area contributed by atoms with Crippen LogP contribution in [-0.4, -0.2) is 29.7 Å². The number of aromatic nitrogens is 1. The Balaban J connectivity index is 1.38. The topological polar surface area (TPSA) is 81.4 Å². The number of hydrogen-bond acceptors (Lipinski definition) is 5. The van der Waals surface area contributed by atoms with Gasteiger partial charge in [0, 0.05) is 12.1 Å². The van der Waals surface area contributed by atoms with Gasteiger partial charge in [-0.3, -0.25) is 4.79 Å². The molecular weight excluding hydrogens is 392 g/mol. The zero-order valence-corrected chi connectivity index (χ0v) is 17.6. The summed E-state index contributed by atoms with van der Waals surface area (Å²) in [6, 6.07) is 14.6. The molecule has 0 spiro atoms. The standard InChI is InChI=1S/C25H26N2O4/c1-17(24(28)26-15-14-18-8-4-2-5-9-18)30-25(29)20-12-13-22-21(16-20)23(31-27-22)19-10-6-3-7-11-19/h3,6-8,10-13,16-17H,2,4-5,9,14-15H2,1H3,(H,26,28)/t17-/m1/s1. The second-order valence-electron chi connectivity index (χ2n) is 7.81. The van der Waals surface area contributed by atoms with Gasteiger partial charge in [-0.05, 0) is 57.2 Å². The number of carbonyl (C=O) groups excluding carboxylic acids is 2. The summed E-state index contributed by atoms with van der Waals surface area (Å²) in [7, 11) is 0. The van der Waals surface area contributed by atoms with Crippen molar-refractivity contribution in [3.63, 3.8) is 0 Å². The fraction of sp³-hybridized carbons (Fsp3) is 0.320. The van der Waals surface area contributed by atoms with Gasteiger partial charge in [0.2, 0.25) is 0 Å². The molecule has 0 radical (unpaired) electrons. The van der Waals surface area contributed by atoms with Crippen LogP contribution < -0.4 is 5.32 Å². The third-order valence-corrected chi connectivity index (χ3v) is 5.53. The molecular formula is C25H26N2O4. The number of hydrogen-bond donors (Lipinski definition) is 1. The molecule has 1 heterocycles. The predicted molar refractivity (Wildman–Crippen MR) is 119 cm³/mol. The number of carbonyl (C=O) groups is 2. The third-order valence-electron chi connectivity index (χ3n) is 5.53. The Labute approximate surface area is 181 Å². The van der Waals surface area contributed by atoms with E-state index in [0.29, 0.717) is 23.4 Å². The highest BCUT2D eigenvalue weighted by molar-refractivity contribution is 5.99. The molecule has 0 unspecified atom stereocenters. The van der Waals surface area contributed by atoms with E-state index in [1.54, 1.807) is 25.1 Å². The highest BCUT2D eigenvalue weighted by Crippen LogP contribution is 2.29. The van der Waals surface area contributed by atoms with Crippen molar-refractivity contribution in [2.45, 2.75) is 45.1 Å². The third kappa shape index (κ3) is 5.02. The van der Waals surface area contributed by atoms with Crippen molar-refractivity contribution < 1.29 is 18.8 Å². The first kappa shape index (κ1) is 20.8. The van der Waals surface area contributed by atoms with Crippen LogP contribution in [0.4, 0.5) is 0 Å². The van der Waals surface area contributed by atoms with Gasteiger partial charge in [0.25, 0.3) is 5.91 Å². The van der Waals surface area contributed by atoms with Crippen molar-refractivity contribution >= 4 is 22.8 Å². The summed E-state index contributed by atoms with van der Waals surface area (Å²) in [6.45, 7) is 2.14. The monoisotopic (exact) mass is 418 g/mol. The molecule has 6 heteroatoms. The van der Waals surface area contributed by atoms with E-state index in [4.69, 9.17) is 9.26 Å². The summed E-state index contributed by atoms with van der Waals surface area (Å²) in [6.07, 6.45) is 6.94. The summed E-state index contributed by atoms with van der Waals surface area (Å²) in [5.74, 6) is -0.256. The largest absolute Gasteiger partial charge is 0.449 e. The maximum atomic E-state index is 12.6. The number of allylic oxidation sites excluding steroid dienone is 1.